The molecule has 3 aliphatic rings. The van der Waals surface area contributed by atoms with Crippen molar-refractivity contribution < 1.29 is 9.32 Å². The Labute approximate surface area is 143 Å². The maximum absolute atomic E-state index is 12.5. The summed E-state index contributed by atoms with van der Waals surface area (Å²) < 4.78 is 5.28. The predicted octanol–water partition coefficient (Wildman–Crippen LogP) is 1.32. The number of nitrogens with one attached hydrogen (secondary N) is 1. The van der Waals surface area contributed by atoms with E-state index in [0.717, 1.165) is 50.0 Å². The van der Waals surface area contributed by atoms with E-state index < -0.39 is 0 Å². The summed E-state index contributed by atoms with van der Waals surface area (Å²) in [6, 6.07) is 0.544. The standard InChI is InChI=1S/C18H28N4O2/c1-11-15(12(2)24-20-11)9-22-8-14-6-16(21(3)17(14)10-22)18(23)19-7-13-4-5-13/h13-14,16-17H,4-10H2,1-3H3,(H,19,23)/t14-,16-,17+/m1/s1. The van der Waals surface area contributed by atoms with Gasteiger partial charge in [0, 0.05) is 37.8 Å². The minimum absolute atomic E-state index is 0.0555. The summed E-state index contributed by atoms with van der Waals surface area (Å²) in [6.07, 6.45) is 3.54. The highest BCUT2D eigenvalue weighted by Gasteiger charge is 2.47. The number of aromatic nitrogens is 1. The molecule has 0 aromatic carbocycles. The van der Waals surface area contributed by atoms with Gasteiger partial charge in [-0.2, -0.15) is 0 Å². The van der Waals surface area contributed by atoms with Crippen LogP contribution in [0.4, 0.5) is 0 Å². The van der Waals surface area contributed by atoms with Crippen molar-refractivity contribution in [2.45, 2.75) is 51.7 Å². The molecule has 0 unspecified atom stereocenters. The van der Waals surface area contributed by atoms with E-state index in [9.17, 15) is 4.79 Å². The van der Waals surface area contributed by atoms with Crippen LogP contribution in [0.1, 0.15) is 36.3 Å². The Morgan fingerprint density at radius 3 is 2.75 bits per heavy atom. The zero-order valence-electron chi connectivity index (χ0n) is 14.9. The van der Waals surface area contributed by atoms with Crippen LogP contribution in [-0.2, 0) is 11.3 Å². The maximum atomic E-state index is 12.5. The summed E-state index contributed by atoms with van der Waals surface area (Å²) in [5.74, 6) is 2.49. The molecule has 1 aromatic heterocycles. The fraction of sp³-hybridized carbons (Fsp3) is 0.778. The van der Waals surface area contributed by atoms with E-state index in [1.807, 2.05) is 13.8 Å². The van der Waals surface area contributed by atoms with Crippen LogP contribution in [0.25, 0.3) is 0 Å². The number of nitrogens with zero attached hydrogens (tertiary/aromatic N) is 3. The molecule has 3 atom stereocenters. The Bertz CT molecular complexity index is 605. The summed E-state index contributed by atoms with van der Waals surface area (Å²) in [7, 11) is 2.12. The molecular formula is C18H28N4O2. The zero-order chi connectivity index (χ0) is 16.8. The number of aryl methyl sites for hydroxylation is 2. The third-order valence-corrected chi connectivity index (χ3v) is 6.15. The molecule has 6 heteroatoms. The molecule has 4 rings (SSSR count). The molecule has 3 fully saturated rings. The number of hydrogen-bond acceptors (Lipinski definition) is 5. The van der Waals surface area contributed by atoms with Crippen molar-refractivity contribution in [2.24, 2.45) is 11.8 Å². The second-order valence-electron chi connectivity index (χ2n) is 7.93. The average Bonchev–Trinajstić information content (AvgIpc) is 3.13. The number of rotatable bonds is 5. The number of carbonyl (C=O) groups is 1. The molecule has 1 aliphatic carbocycles. The van der Waals surface area contributed by atoms with Crippen LogP contribution >= 0.6 is 0 Å². The lowest BCUT2D eigenvalue weighted by Gasteiger charge is -2.26. The Kier molecular flexibility index (Phi) is 4.12. The van der Waals surface area contributed by atoms with Crippen molar-refractivity contribution in [3.05, 3.63) is 17.0 Å². The fourth-order valence-corrected chi connectivity index (χ4v) is 4.38. The van der Waals surface area contributed by atoms with Crippen LogP contribution in [0.15, 0.2) is 4.52 Å². The van der Waals surface area contributed by atoms with Gasteiger partial charge in [-0.05, 0) is 52.0 Å². The van der Waals surface area contributed by atoms with Crippen molar-refractivity contribution in [2.75, 3.05) is 26.7 Å². The zero-order valence-corrected chi connectivity index (χ0v) is 14.9. The molecule has 6 nitrogen and oxygen atoms in total. The second-order valence-corrected chi connectivity index (χ2v) is 7.93. The number of amides is 1. The number of hydrogen-bond donors (Lipinski definition) is 1. The summed E-state index contributed by atoms with van der Waals surface area (Å²) >= 11 is 0. The Balaban J connectivity index is 1.34. The van der Waals surface area contributed by atoms with Gasteiger partial charge in [0.15, 0.2) is 0 Å². The first-order valence-corrected chi connectivity index (χ1v) is 9.16. The molecule has 0 radical (unpaired) electrons. The first kappa shape index (κ1) is 16.1. The van der Waals surface area contributed by atoms with E-state index >= 15 is 0 Å². The quantitative estimate of drug-likeness (QED) is 0.881. The predicted molar refractivity (Wildman–Crippen MR) is 90.4 cm³/mol. The SMILES string of the molecule is Cc1noc(C)c1CN1C[C@H]2C[C@H](C(=O)NCC3CC3)N(C)[C@H]2C1. The monoisotopic (exact) mass is 332 g/mol. The van der Waals surface area contributed by atoms with E-state index in [1.54, 1.807) is 0 Å². The van der Waals surface area contributed by atoms with Crippen LogP contribution in [0.5, 0.6) is 0 Å². The highest BCUT2D eigenvalue weighted by Crippen LogP contribution is 2.36. The number of fused-ring (bicyclic) bond motifs is 1. The molecule has 1 aromatic rings. The van der Waals surface area contributed by atoms with Crippen LogP contribution < -0.4 is 5.32 Å². The Morgan fingerprint density at radius 1 is 1.33 bits per heavy atom. The van der Waals surface area contributed by atoms with Gasteiger partial charge in [0.2, 0.25) is 5.91 Å². The lowest BCUT2D eigenvalue weighted by atomic mass is 10.0. The summed E-state index contributed by atoms with van der Waals surface area (Å²) in [5.41, 5.74) is 2.21. The van der Waals surface area contributed by atoms with Crippen molar-refractivity contribution in [3.63, 3.8) is 0 Å². The molecule has 132 valence electrons. The normalized spacial score (nSPS) is 30.7. The number of carbonyl (C=O) groups excluding carboxylic acids is 1. The van der Waals surface area contributed by atoms with Gasteiger partial charge in [-0.25, -0.2) is 0 Å². The molecule has 24 heavy (non-hydrogen) atoms. The summed E-state index contributed by atoms with van der Waals surface area (Å²) in [6.45, 7) is 7.86. The Morgan fingerprint density at radius 2 is 2.12 bits per heavy atom. The summed E-state index contributed by atoms with van der Waals surface area (Å²) in [5, 5.41) is 7.21. The fourth-order valence-electron chi connectivity index (χ4n) is 4.38. The van der Waals surface area contributed by atoms with Gasteiger partial charge in [-0.3, -0.25) is 14.6 Å². The number of likely N-dealkylation sites (tertiary alicyclic amines) is 2. The lowest BCUT2D eigenvalue weighted by molar-refractivity contribution is -0.125. The van der Waals surface area contributed by atoms with Crippen molar-refractivity contribution in [1.29, 1.82) is 0 Å². The van der Waals surface area contributed by atoms with Gasteiger partial charge in [-0.15, -0.1) is 0 Å². The van der Waals surface area contributed by atoms with Crippen molar-refractivity contribution in [3.8, 4) is 0 Å². The van der Waals surface area contributed by atoms with Gasteiger partial charge in [0.1, 0.15) is 5.76 Å². The number of likely N-dealkylation sites (N-methyl/N-ethyl adjacent to an activating group) is 1. The second kappa shape index (κ2) is 6.15. The van der Waals surface area contributed by atoms with Crippen LogP contribution in [0.3, 0.4) is 0 Å². The van der Waals surface area contributed by atoms with E-state index in [4.69, 9.17) is 4.52 Å². The molecular weight excluding hydrogens is 304 g/mol. The van der Waals surface area contributed by atoms with Crippen molar-refractivity contribution in [1.82, 2.24) is 20.3 Å². The van der Waals surface area contributed by atoms with Crippen molar-refractivity contribution >= 4 is 5.91 Å². The van der Waals surface area contributed by atoms with Gasteiger partial charge in [-0.1, -0.05) is 5.16 Å². The van der Waals surface area contributed by atoms with E-state index in [2.05, 4.69) is 27.3 Å². The molecule has 1 amide bonds. The topological polar surface area (TPSA) is 61.6 Å². The lowest BCUT2D eigenvalue weighted by Crippen LogP contribution is -2.46. The van der Waals surface area contributed by atoms with E-state index in [1.165, 1.54) is 18.4 Å². The smallest absolute Gasteiger partial charge is 0.237 e. The van der Waals surface area contributed by atoms with Crippen LogP contribution in [0, 0.1) is 25.7 Å². The maximum Gasteiger partial charge on any atom is 0.237 e. The van der Waals surface area contributed by atoms with Gasteiger partial charge in [0.05, 0.1) is 11.7 Å². The minimum atomic E-state index is 0.0555. The molecule has 3 heterocycles. The molecule has 2 aliphatic heterocycles. The van der Waals surface area contributed by atoms with E-state index in [0.29, 0.717) is 12.0 Å². The minimum Gasteiger partial charge on any atom is -0.361 e. The average molecular weight is 332 g/mol. The first-order chi connectivity index (χ1) is 11.5. The van der Waals surface area contributed by atoms with E-state index in [-0.39, 0.29) is 11.9 Å². The highest BCUT2D eigenvalue weighted by atomic mass is 16.5. The largest absolute Gasteiger partial charge is 0.361 e. The molecule has 1 N–H and O–H groups in total. The summed E-state index contributed by atoms with van der Waals surface area (Å²) in [4.78, 5) is 17.2. The van der Waals surface area contributed by atoms with Crippen LogP contribution in [0.2, 0.25) is 0 Å². The third kappa shape index (κ3) is 2.97. The van der Waals surface area contributed by atoms with Gasteiger partial charge >= 0.3 is 0 Å². The van der Waals surface area contributed by atoms with Gasteiger partial charge in [0.25, 0.3) is 0 Å². The molecule has 0 bridgehead atoms. The van der Waals surface area contributed by atoms with Gasteiger partial charge < -0.3 is 9.84 Å². The molecule has 1 saturated carbocycles. The third-order valence-electron chi connectivity index (χ3n) is 6.15. The Hall–Kier alpha value is -1.40. The van der Waals surface area contributed by atoms with Crippen LogP contribution in [-0.4, -0.2) is 59.6 Å². The highest BCUT2D eigenvalue weighted by molar-refractivity contribution is 5.82. The molecule has 0 spiro atoms. The molecule has 2 saturated heterocycles. The first-order valence-electron chi connectivity index (χ1n) is 9.16.